The molecule has 0 aromatic rings. The first-order valence-electron chi connectivity index (χ1n) is 11.4. The van der Waals surface area contributed by atoms with Crippen LogP contribution in [0.1, 0.15) is 13.3 Å². The fourth-order valence-electron chi connectivity index (χ4n) is 5.90. The number of likely N-dealkylation sites (tertiary alicyclic amines) is 1. The Morgan fingerprint density at radius 1 is 1.39 bits per heavy atom. The second-order valence-electron chi connectivity index (χ2n) is 9.31. The Labute approximate surface area is 201 Å². The van der Waals surface area contributed by atoms with Crippen molar-refractivity contribution in [3.05, 3.63) is 12.7 Å². The van der Waals surface area contributed by atoms with Crippen LogP contribution < -0.4 is 0 Å². The average molecular weight is 530 g/mol. The Kier molecular flexibility index (Phi) is 7.16. The van der Waals surface area contributed by atoms with E-state index in [1.165, 1.54) is 4.90 Å². The summed E-state index contributed by atoms with van der Waals surface area (Å²) in [5.41, 5.74) is -1.24. The van der Waals surface area contributed by atoms with Gasteiger partial charge in [0.15, 0.2) is 0 Å². The first kappa shape index (κ1) is 24.6. The number of amides is 2. The lowest BCUT2D eigenvalue weighted by Gasteiger charge is -2.39. The number of halogens is 1. The number of carbonyl (C=O) groups is 3. The number of hydrogen-bond donors (Lipinski definition) is 2. The van der Waals surface area contributed by atoms with Gasteiger partial charge in [-0.25, -0.2) is 0 Å². The van der Waals surface area contributed by atoms with Crippen LogP contribution >= 0.6 is 15.9 Å². The summed E-state index contributed by atoms with van der Waals surface area (Å²) >= 11 is 3.53. The lowest BCUT2D eigenvalue weighted by Crippen LogP contribution is -2.59. The maximum atomic E-state index is 14.0. The molecule has 1 spiro atoms. The standard InChI is InChI=1S/C22H32BrN3O7/c1-3-4-25(6-5-24-7-9-32-10-8-24)20(29)18-22-11-14(23)17(33-22)15(21(30)31)16(22)19(28)26(18)13(2)12-27/h3,13-18,27H,1,4-12H2,2H3,(H,30,31)/t13-,14?,15-,16+,17-,18-,22+/m1/s1. The van der Waals surface area contributed by atoms with E-state index in [1.807, 2.05) is 0 Å². The zero-order chi connectivity index (χ0) is 23.9. The van der Waals surface area contributed by atoms with Gasteiger partial charge in [-0.05, 0) is 13.3 Å². The third kappa shape index (κ3) is 4.01. The fourth-order valence-corrected chi connectivity index (χ4v) is 6.84. The molecular weight excluding hydrogens is 498 g/mol. The van der Waals surface area contributed by atoms with Crippen molar-refractivity contribution in [2.75, 3.05) is 52.5 Å². The lowest BCUT2D eigenvalue weighted by atomic mass is 9.70. The minimum Gasteiger partial charge on any atom is -0.481 e. The topological polar surface area (TPSA) is 120 Å². The van der Waals surface area contributed by atoms with Crippen molar-refractivity contribution >= 4 is 33.7 Å². The van der Waals surface area contributed by atoms with Gasteiger partial charge in [0.25, 0.3) is 0 Å². The molecule has 0 radical (unpaired) electrons. The highest BCUT2D eigenvalue weighted by molar-refractivity contribution is 9.09. The van der Waals surface area contributed by atoms with Crippen molar-refractivity contribution in [1.82, 2.24) is 14.7 Å². The molecule has 4 fully saturated rings. The van der Waals surface area contributed by atoms with E-state index in [9.17, 15) is 24.6 Å². The molecule has 4 aliphatic rings. The number of ether oxygens (including phenoxy) is 2. The molecule has 4 rings (SSSR count). The number of morpholine rings is 1. The second kappa shape index (κ2) is 9.61. The van der Waals surface area contributed by atoms with Gasteiger partial charge in [0.05, 0.1) is 43.8 Å². The summed E-state index contributed by atoms with van der Waals surface area (Å²) < 4.78 is 11.6. The Morgan fingerprint density at radius 2 is 2.09 bits per heavy atom. The molecule has 7 atom stereocenters. The summed E-state index contributed by atoms with van der Waals surface area (Å²) in [6.45, 7) is 9.35. The molecule has 0 aromatic heterocycles. The summed E-state index contributed by atoms with van der Waals surface area (Å²) in [7, 11) is 0. The number of nitrogens with zero attached hydrogens (tertiary/aromatic N) is 3. The molecule has 0 aliphatic carbocycles. The van der Waals surface area contributed by atoms with Gasteiger partial charge in [-0.15, -0.1) is 6.58 Å². The van der Waals surface area contributed by atoms with E-state index in [-0.39, 0.29) is 17.3 Å². The summed E-state index contributed by atoms with van der Waals surface area (Å²) in [6.07, 6.45) is 1.32. The van der Waals surface area contributed by atoms with E-state index < -0.39 is 47.5 Å². The van der Waals surface area contributed by atoms with Crippen LogP contribution in [0.25, 0.3) is 0 Å². The van der Waals surface area contributed by atoms with Gasteiger partial charge in [-0.1, -0.05) is 22.0 Å². The number of alkyl halides is 1. The van der Waals surface area contributed by atoms with E-state index in [4.69, 9.17) is 9.47 Å². The third-order valence-corrected chi connectivity index (χ3v) is 8.28. The molecule has 4 saturated heterocycles. The first-order valence-corrected chi connectivity index (χ1v) is 12.4. The van der Waals surface area contributed by atoms with Gasteiger partial charge >= 0.3 is 5.97 Å². The van der Waals surface area contributed by atoms with Crippen molar-refractivity contribution in [2.24, 2.45) is 11.8 Å². The van der Waals surface area contributed by atoms with Crippen LogP contribution in [0.15, 0.2) is 12.7 Å². The molecule has 0 saturated carbocycles. The molecule has 33 heavy (non-hydrogen) atoms. The number of carboxylic acids is 1. The average Bonchev–Trinajstić information content (AvgIpc) is 3.39. The van der Waals surface area contributed by atoms with Crippen molar-refractivity contribution < 1.29 is 34.1 Å². The maximum absolute atomic E-state index is 14.0. The fraction of sp³-hybridized carbons (Fsp3) is 0.773. The number of carbonyl (C=O) groups excluding carboxylic acids is 2. The van der Waals surface area contributed by atoms with E-state index in [0.29, 0.717) is 39.3 Å². The Hall–Kier alpha value is -1.53. The van der Waals surface area contributed by atoms with Crippen LogP contribution in [0, 0.1) is 11.8 Å². The van der Waals surface area contributed by atoms with Gasteiger partial charge in [0.1, 0.15) is 11.6 Å². The van der Waals surface area contributed by atoms with E-state index in [0.717, 1.165) is 13.1 Å². The zero-order valence-corrected chi connectivity index (χ0v) is 20.4. The summed E-state index contributed by atoms with van der Waals surface area (Å²) in [6, 6.07) is -1.65. The molecule has 2 N–H and O–H groups in total. The first-order chi connectivity index (χ1) is 15.8. The van der Waals surface area contributed by atoms with Crippen molar-refractivity contribution in [3.8, 4) is 0 Å². The predicted octanol–water partition coefficient (Wildman–Crippen LogP) is -0.453. The Morgan fingerprint density at radius 3 is 2.70 bits per heavy atom. The number of aliphatic hydroxyl groups is 1. The predicted molar refractivity (Wildman–Crippen MR) is 121 cm³/mol. The highest BCUT2D eigenvalue weighted by atomic mass is 79.9. The molecule has 184 valence electrons. The number of hydrogen-bond acceptors (Lipinski definition) is 7. The molecule has 11 heteroatoms. The van der Waals surface area contributed by atoms with Gasteiger partial charge in [-0.2, -0.15) is 0 Å². The summed E-state index contributed by atoms with van der Waals surface area (Å²) in [4.78, 5) is 44.6. The van der Waals surface area contributed by atoms with Crippen molar-refractivity contribution in [3.63, 3.8) is 0 Å². The molecule has 1 unspecified atom stereocenters. The van der Waals surface area contributed by atoms with E-state index >= 15 is 0 Å². The smallest absolute Gasteiger partial charge is 0.310 e. The number of rotatable bonds is 9. The van der Waals surface area contributed by atoms with Crippen LogP contribution in [0.4, 0.5) is 0 Å². The van der Waals surface area contributed by atoms with E-state index in [2.05, 4.69) is 27.4 Å². The van der Waals surface area contributed by atoms with Crippen molar-refractivity contribution in [2.45, 2.75) is 42.0 Å². The van der Waals surface area contributed by atoms with Gasteiger partial charge < -0.3 is 29.5 Å². The molecule has 2 amide bonds. The van der Waals surface area contributed by atoms with Crippen LogP contribution in [0.2, 0.25) is 0 Å². The SMILES string of the molecule is C=CCN(CCN1CCOCC1)C(=O)[C@H]1N([C@H](C)CO)C(=O)[C@@H]2[C@@H](C(=O)O)[C@@H]3O[C@@]21CC3Br. The minimum absolute atomic E-state index is 0.275. The Bertz CT molecular complexity index is 807. The molecule has 0 aromatic carbocycles. The largest absolute Gasteiger partial charge is 0.481 e. The van der Waals surface area contributed by atoms with Crippen LogP contribution in [0.3, 0.4) is 0 Å². The number of carboxylic acid groups (broad SMARTS) is 1. The Balaban J connectivity index is 1.66. The lowest BCUT2D eigenvalue weighted by molar-refractivity contribution is -0.153. The highest BCUT2D eigenvalue weighted by Crippen LogP contribution is 2.60. The molecule has 4 aliphatic heterocycles. The summed E-state index contributed by atoms with van der Waals surface area (Å²) in [5, 5.41) is 19.8. The monoisotopic (exact) mass is 529 g/mol. The normalized spacial score (nSPS) is 36.6. The van der Waals surface area contributed by atoms with Crippen LogP contribution in [-0.4, -0.2) is 124 Å². The van der Waals surface area contributed by atoms with E-state index in [1.54, 1.807) is 17.9 Å². The second-order valence-corrected chi connectivity index (χ2v) is 10.5. The molecular formula is C22H32BrN3O7. The van der Waals surface area contributed by atoms with Gasteiger partial charge in [-0.3, -0.25) is 19.3 Å². The molecule has 10 nitrogen and oxygen atoms in total. The number of aliphatic hydroxyl groups excluding tert-OH is 1. The number of aliphatic carboxylic acids is 1. The van der Waals surface area contributed by atoms with Crippen LogP contribution in [0.5, 0.6) is 0 Å². The maximum Gasteiger partial charge on any atom is 0.310 e. The summed E-state index contributed by atoms with van der Waals surface area (Å²) in [5.74, 6) is -3.84. The number of fused-ring (bicyclic) bond motifs is 1. The van der Waals surface area contributed by atoms with Gasteiger partial charge in [0.2, 0.25) is 11.8 Å². The zero-order valence-electron chi connectivity index (χ0n) is 18.8. The van der Waals surface area contributed by atoms with Crippen LogP contribution in [-0.2, 0) is 23.9 Å². The van der Waals surface area contributed by atoms with Crippen molar-refractivity contribution in [1.29, 1.82) is 0 Å². The minimum atomic E-state index is -1.24. The third-order valence-electron chi connectivity index (χ3n) is 7.44. The highest BCUT2D eigenvalue weighted by Gasteiger charge is 2.77. The quantitative estimate of drug-likeness (QED) is 0.304. The molecule has 4 heterocycles. The van der Waals surface area contributed by atoms with Gasteiger partial charge in [0, 0.05) is 37.6 Å². The molecule has 2 bridgehead atoms.